The Balaban J connectivity index is 0.00000176. The van der Waals surface area contributed by atoms with Crippen molar-refractivity contribution in [1.29, 1.82) is 0 Å². The van der Waals surface area contributed by atoms with Crippen LogP contribution in [0.5, 0.6) is 0 Å². The summed E-state index contributed by atoms with van der Waals surface area (Å²) >= 11 is 1.73. The first-order valence-electron chi connectivity index (χ1n) is 7.20. The number of aromatic nitrogens is 1. The number of hydrogen-bond acceptors (Lipinski definition) is 3. The SMILES string of the molecule is CN=C(NCc1cnc(C)s1)N1CCc2ccccc2C1.I. The molecule has 0 aliphatic carbocycles. The van der Waals surface area contributed by atoms with Gasteiger partial charge >= 0.3 is 0 Å². The molecule has 118 valence electrons. The van der Waals surface area contributed by atoms with Crippen molar-refractivity contribution < 1.29 is 0 Å². The molecule has 0 saturated carbocycles. The zero-order valence-electron chi connectivity index (χ0n) is 12.9. The van der Waals surface area contributed by atoms with Crippen LogP contribution in [0.2, 0.25) is 0 Å². The Kier molecular flexibility index (Phi) is 6.19. The second-order valence-electron chi connectivity index (χ2n) is 5.19. The van der Waals surface area contributed by atoms with E-state index in [4.69, 9.17) is 0 Å². The number of guanidine groups is 1. The number of hydrogen-bond donors (Lipinski definition) is 1. The van der Waals surface area contributed by atoms with E-state index >= 15 is 0 Å². The molecular weight excluding hydrogens is 407 g/mol. The Morgan fingerprint density at radius 1 is 1.36 bits per heavy atom. The van der Waals surface area contributed by atoms with Gasteiger partial charge < -0.3 is 10.2 Å². The van der Waals surface area contributed by atoms with Gasteiger partial charge in [-0.2, -0.15) is 0 Å². The van der Waals surface area contributed by atoms with Gasteiger partial charge in [-0.3, -0.25) is 4.99 Å². The molecule has 0 saturated heterocycles. The molecule has 2 aromatic rings. The highest BCUT2D eigenvalue weighted by atomic mass is 127. The molecular formula is C16H21IN4S. The number of thiazole rings is 1. The van der Waals surface area contributed by atoms with Gasteiger partial charge in [0.1, 0.15) is 0 Å². The van der Waals surface area contributed by atoms with Crippen LogP contribution in [0.3, 0.4) is 0 Å². The number of nitrogens with zero attached hydrogens (tertiary/aromatic N) is 3. The predicted molar refractivity (Wildman–Crippen MR) is 103 cm³/mol. The van der Waals surface area contributed by atoms with Crippen molar-refractivity contribution in [2.24, 2.45) is 4.99 Å². The standard InChI is InChI=1S/C16H20N4S.HI/c1-12-18-9-15(21-12)10-19-16(17-2)20-8-7-13-5-3-4-6-14(13)11-20;/h3-6,9H,7-8,10-11H2,1-2H3,(H,17,19);1H. The quantitative estimate of drug-likeness (QED) is 0.454. The highest BCUT2D eigenvalue weighted by molar-refractivity contribution is 14.0. The minimum Gasteiger partial charge on any atom is -0.351 e. The number of halogens is 1. The van der Waals surface area contributed by atoms with E-state index in [0.29, 0.717) is 0 Å². The zero-order valence-corrected chi connectivity index (χ0v) is 16.0. The third-order valence-electron chi connectivity index (χ3n) is 3.73. The van der Waals surface area contributed by atoms with Crippen molar-refractivity contribution in [1.82, 2.24) is 15.2 Å². The minimum absolute atomic E-state index is 0. The maximum atomic E-state index is 4.42. The van der Waals surface area contributed by atoms with E-state index in [1.165, 1.54) is 16.0 Å². The maximum absolute atomic E-state index is 4.42. The molecule has 1 aromatic heterocycles. The summed E-state index contributed by atoms with van der Waals surface area (Å²) in [4.78, 5) is 12.3. The van der Waals surface area contributed by atoms with Gasteiger partial charge in [0.15, 0.2) is 5.96 Å². The fourth-order valence-corrected chi connectivity index (χ4v) is 3.40. The molecule has 0 spiro atoms. The Hall–Kier alpha value is -1.15. The predicted octanol–water partition coefficient (Wildman–Crippen LogP) is 3.20. The van der Waals surface area contributed by atoms with E-state index in [1.54, 1.807) is 11.3 Å². The van der Waals surface area contributed by atoms with E-state index in [9.17, 15) is 0 Å². The van der Waals surface area contributed by atoms with E-state index in [1.807, 2.05) is 20.2 Å². The first-order chi connectivity index (χ1) is 10.3. The van der Waals surface area contributed by atoms with Crippen LogP contribution in [-0.2, 0) is 19.5 Å². The van der Waals surface area contributed by atoms with Crippen LogP contribution >= 0.6 is 35.3 Å². The Morgan fingerprint density at radius 2 is 2.14 bits per heavy atom. The lowest BCUT2D eigenvalue weighted by Crippen LogP contribution is -2.43. The molecule has 0 bridgehead atoms. The largest absolute Gasteiger partial charge is 0.351 e. The summed E-state index contributed by atoms with van der Waals surface area (Å²) in [5.74, 6) is 0.968. The lowest BCUT2D eigenvalue weighted by Gasteiger charge is -2.31. The average molecular weight is 428 g/mol. The van der Waals surface area contributed by atoms with Crippen molar-refractivity contribution in [3.63, 3.8) is 0 Å². The number of fused-ring (bicyclic) bond motifs is 1. The lowest BCUT2D eigenvalue weighted by molar-refractivity contribution is 0.378. The van der Waals surface area contributed by atoms with Gasteiger partial charge in [-0.1, -0.05) is 24.3 Å². The van der Waals surface area contributed by atoms with E-state index in [-0.39, 0.29) is 24.0 Å². The van der Waals surface area contributed by atoms with Crippen LogP contribution in [0.15, 0.2) is 35.5 Å². The number of aliphatic imine (C=N–C) groups is 1. The van der Waals surface area contributed by atoms with Crippen molar-refractivity contribution >= 4 is 41.3 Å². The fourth-order valence-electron chi connectivity index (χ4n) is 2.66. The Morgan fingerprint density at radius 3 is 2.82 bits per heavy atom. The molecule has 0 amide bonds. The van der Waals surface area contributed by atoms with Crippen LogP contribution in [0, 0.1) is 6.92 Å². The molecule has 1 aliphatic heterocycles. The third kappa shape index (κ3) is 3.98. The van der Waals surface area contributed by atoms with Gasteiger partial charge in [-0.15, -0.1) is 35.3 Å². The van der Waals surface area contributed by atoms with E-state index in [2.05, 4.69) is 44.5 Å². The Bertz CT molecular complexity index is 653. The van der Waals surface area contributed by atoms with Gasteiger partial charge in [0, 0.05) is 31.2 Å². The van der Waals surface area contributed by atoms with Gasteiger partial charge in [0.05, 0.1) is 11.6 Å². The first kappa shape index (κ1) is 17.2. The molecule has 1 aromatic carbocycles. The molecule has 22 heavy (non-hydrogen) atoms. The monoisotopic (exact) mass is 428 g/mol. The number of aryl methyl sites for hydroxylation is 1. The molecule has 2 heterocycles. The third-order valence-corrected chi connectivity index (χ3v) is 4.64. The lowest BCUT2D eigenvalue weighted by atomic mass is 10.0. The normalized spacial score (nSPS) is 14.3. The smallest absolute Gasteiger partial charge is 0.194 e. The minimum atomic E-state index is 0. The van der Waals surface area contributed by atoms with Gasteiger partial charge in [-0.25, -0.2) is 4.98 Å². The summed E-state index contributed by atoms with van der Waals surface area (Å²) in [6.45, 7) is 4.76. The van der Waals surface area contributed by atoms with Crippen LogP contribution in [0.1, 0.15) is 21.0 Å². The van der Waals surface area contributed by atoms with Crippen LogP contribution in [-0.4, -0.2) is 29.4 Å². The first-order valence-corrected chi connectivity index (χ1v) is 8.01. The van der Waals surface area contributed by atoms with Gasteiger partial charge in [0.25, 0.3) is 0 Å². The molecule has 1 aliphatic rings. The average Bonchev–Trinajstić information content (AvgIpc) is 2.93. The molecule has 4 nitrogen and oxygen atoms in total. The van der Waals surface area contributed by atoms with Crippen molar-refractivity contribution in [3.8, 4) is 0 Å². The summed E-state index contributed by atoms with van der Waals surface area (Å²) < 4.78 is 0. The highest BCUT2D eigenvalue weighted by Gasteiger charge is 2.18. The molecule has 3 rings (SSSR count). The molecule has 0 unspecified atom stereocenters. The molecule has 0 radical (unpaired) electrons. The number of benzene rings is 1. The van der Waals surface area contributed by atoms with E-state index in [0.717, 1.165) is 37.0 Å². The molecule has 6 heteroatoms. The summed E-state index contributed by atoms with van der Waals surface area (Å²) in [6.07, 6.45) is 3.02. The van der Waals surface area contributed by atoms with Crippen molar-refractivity contribution in [2.45, 2.75) is 26.4 Å². The van der Waals surface area contributed by atoms with Gasteiger partial charge in [-0.05, 0) is 24.5 Å². The number of nitrogens with one attached hydrogen (secondary N) is 1. The Labute approximate surface area is 152 Å². The van der Waals surface area contributed by atoms with Crippen LogP contribution in [0.4, 0.5) is 0 Å². The summed E-state index contributed by atoms with van der Waals surface area (Å²) in [7, 11) is 1.85. The number of rotatable bonds is 2. The summed E-state index contributed by atoms with van der Waals surface area (Å²) in [5, 5.41) is 4.55. The fraction of sp³-hybridized carbons (Fsp3) is 0.375. The van der Waals surface area contributed by atoms with Crippen LogP contribution < -0.4 is 5.32 Å². The second-order valence-corrected chi connectivity index (χ2v) is 6.51. The van der Waals surface area contributed by atoms with Crippen molar-refractivity contribution in [3.05, 3.63) is 51.5 Å². The van der Waals surface area contributed by atoms with E-state index < -0.39 is 0 Å². The molecule has 0 atom stereocenters. The van der Waals surface area contributed by atoms with Crippen LogP contribution in [0.25, 0.3) is 0 Å². The summed E-state index contributed by atoms with van der Waals surface area (Å²) in [5.41, 5.74) is 2.86. The zero-order chi connectivity index (χ0) is 14.7. The molecule has 0 fully saturated rings. The van der Waals surface area contributed by atoms with Gasteiger partial charge in [0.2, 0.25) is 0 Å². The summed E-state index contributed by atoms with van der Waals surface area (Å²) in [6, 6.07) is 8.66. The maximum Gasteiger partial charge on any atom is 0.194 e. The van der Waals surface area contributed by atoms with Crippen molar-refractivity contribution in [2.75, 3.05) is 13.6 Å². The molecule has 1 N–H and O–H groups in total. The highest BCUT2D eigenvalue weighted by Crippen LogP contribution is 2.18. The topological polar surface area (TPSA) is 40.5 Å². The second kappa shape index (κ2) is 7.92.